The molecule has 0 aliphatic carbocycles. The second-order valence-corrected chi connectivity index (χ2v) is 20.5. The minimum atomic E-state index is -2.01. The lowest BCUT2D eigenvalue weighted by Crippen LogP contribution is -2.37. The lowest BCUT2D eigenvalue weighted by atomic mass is 10.2. The first-order chi connectivity index (χ1) is 27.0. The number of ether oxygens (including phenoxy) is 2. The normalized spacial score (nSPS) is 16.3. The Balaban J connectivity index is 1.32. The monoisotopic (exact) mass is 1100 g/mol. The topological polar surface area (TPSA) is 126 Å². The van der Waals surface area contributed by atoms with Crippen LogP contribution in [0.15, 0.2) is 139 Å². The third kappa shape index (κ3) is 10.5. The fraction of sp³-hybridized carbons (Fsp3) is 0. The van der Waals surface area contributed by atoms with Gasteiger partial charge in [-0.05, 0) is 95.6 Å². The van der Waals surface area contributed by atoms with Gasteiger partial charge in [0.2, 0.25) is 0 Å². The van der Waals surface area contributed by atoms with Crippen LogP contribution < -0.4 is 44.5 Å². The van der Waals surface area contributed by atoms with E-state index in [0.717, 1.165) is 17.9 Å². The first-order valence-electron chi connectivity index (χ1n) is 16.0. The van der Waals surface area contributed by atoms with E-state index in [1.807, 2.05) is 72.8 Å². The Bertz CT molecular complexity index is 2380. The molecule has 7 rings (SSSR count). The number of rotatable bonds is 12. The lowest BCUT2D eigenvalue weighted by Gasteiger charge is -2.42. The molecule has 1 aliphatic heterocycles. The Labute approximate surface area is 370 Å². The molecule has 56 heavy (non-hydrogen) atoms. The molecule has 0 saturated carbocycles. The summed E-state index contributed by atoms with van der Waals surface area (Å²) in [7, 11) is -4.21. The fourth-order valence-electron chi connectivity index (χ4n) is 4.74. The van der Waals surface area contributed by atoms with E-state index in [1.165, 1.54) is 4.60 Å². The first-order valence-corrected chi connectivity index (χ1v) is 23.2. The molecule has 5 N–H and O–H groups in total. The van der Waals surface area contributed by atoms with E-state index in [0.29, 0.717) is 28.7 Å². The van der Waals surface area contributed by atoms with Gasteiger partial charge in [-0.3, -0.25) is 0 Å². The number of nitrogens with two attached hydrogens (primary N) is 2. The molecule has 11 nitrogen and oxygen atoms in total. The van der Waals surface area contributed by atoms with Gasteiger partial charge in [0.05, 0.1) is 13.9 Å². The van der Waals surface area contributed by atoms with E-state index in [1.54, 1.807) is 53.1 Å². The van der Waals surface area contributed by atoms with Crippen molar-refractivity contribution >= 4 is 124 Å². The van der Waals surface area contributed by atoms with Crippen LogP contribution in [-0.2, 0) is 0 Å². The summed E-state index contributed by atoms with van der Waals surface area (Å²) >= 11 is 27.9. The molecule has 0 bridgehead atoms. The van der Waals surface area contributed by atoms with E-state index < -0.39 is 16.9 Å². The first kappa shape index (κ1) is 41.5. The van der Waals surface area contributed by atoms with Gasteiger partial charge < -0.3 is 39.7 Å². The Morgan fingerprint density at radius 3 is 1.79 bits per heavy atom. The van der Waals surface area contributed by atoms with Crippen molar-refractivity contribution < 1.29 is 28.2 Å². The van der Waals surface area contributed by atoms with Crippen LogP contribution in [0, 0.1) is 0 Å². The summed E-state index contributed by atoms with van der Waals surface area (Å²) in [6.07, 6.45) is 0. The Hall–Kier alpha value is -2.61. The highest BCUT2D eigenvalue weighted by atomic mass is 79.9. The van der Waals surface area contributed by atoms with Gasteiger partial charge in [0.15, 0.2) is 23.0 Å². The van der Waals surface area contributed by atoms with Crippen molar-refractivity contribution in [3.05, 3.63) is 149 Å². The van der Waals surface area contributed by atoms with Gasteiger partial charge in [0.1, 0.15) is 33.7 Å². The van der Waals surface area contributed by atoms with Crippen molar-refractivity contribution in [3.63, 3.8) is 0 Å². The zero-order valence-corrected chi connectivity index (χ0v) is 38.9. The molecule has 3 unspecified atom stereocenters. The number of benzene rings is 6. The van der Waals surface area contributed by atoms with Crippen LogP contribution in [-0.4, -0.2) is 9.21 Å². The minimum Gasteiger partial charge on any atom is -0.455 e. The van der Waals surface area contributed by atoms with Gasteiger partial charge in [-0.25, -0.2) is 4.86 Å². The third-order valence-corrected chi connectivity index (χ3v) is 15.0. The van der Waals surface area contributed by atoms with Crippen molar-refractivity contribution in [1.82, 2.24) is 14.1 Å². The summed E-state index contributed by atoms with van der Waals surface area (Å²) in [5.74, 6) is 2.81. The maximum Gasteiger partial charge on any atom is 0.332 e. The lowest BCUT2D eigenvalue weighted by molar-refractivity contribution is 0.0676. The van der Waals surface area contributed by atoms with E-state index in [4.69, 9.17) is 62.9 Å². The largest absolute Gasteiger partial charge is 0.455 e. The van der Waals surface area contributed by atoms with Crippen LogP contribution in [0.25, 0.3) is 0 Å². The standard InChI is InChI=1S/C36H26Br4Cl2N5O6P3/c37-21-5-1-9-26(15-21)48-33-20-32(34(42)36(35(33)44)49-27-10-2-6-22(38)16-27)53-55-45-54-46(50-28-11-3-7-23(39)17-28)56(52-29-12-4-8-24(40)18-29)47(55)51-31-14-13-25(43)19-30(31)41/h1-20,45,54H,43-44H2. The summed E-state index contributed by atoms with van der Waals surface area (Å²) in [5, 5.41) is 0.331. The van der Waals surface area contributed by atoms with Gasteiger partial charge in [0.25, 0.3) is 8.45 Å². The highest BCUT2D eigenvalue weighted by Gasteiger charge is 2.47. The summed E-state index contributed by atoms with van der Waals surface area (Å²) in [6.45, 7) is 0. The number of anilines is 2. The summed E-state index contributed by atoms with van der Waals surface area (Å²) in [4.78, 5) is 16.4. The van der Waals surface area contributed by atoms with Gasteiger partial charge >= 0.3 is 8.45 Å². The molecule has 0 radical (unpaired) electrons. The molecule has 0 amide bonds. The van der Waals surface area contributed by atoms with E-state index in [9.17, 15) is 0 Å². The van der Waals surface area contributed by atoms with Crippen molar-refractivity contribution in [2.75, 3.05) is 11.5 Å². The smallest absolute Gasteiger partial charge is 0.332 e. The number of halogens is 6. The summed E-state index contributed by atoms with van der Waals surface area (Å²) in [6, 6.07) is 35.9. The number of hydrogen-bond acceptors (Lipinski definition) is 11. The number of nitrogens with zero attached hydrogens (tertiary/aromatic N) is 2. The molecule has 0 aromatic heterocycles. The minimum absolute atomic E-state index is 0.0761. The van der Waals surface area contributed by atoms with Crippen LogP contribution in [0.5, 0.6) is 46.0 Å². The molecule has 288 valence electrons. The SMILES string of the molecule is Nc1ccc(ON2P(Oc3cc(Oc4cccc(Br)c4)c(N)c(Oc4cccc(Br)c4)c3Cl)NPN(Oc3cccc(Br)c3)P2Oc2cccc(Br)c2)c(Cl)c1. The highest BCUT2D eigenvalue weighted by molar-refractivity contribution is 9.11. The maximum atomic E-state index is 7.12. The average Bonchev–Trinajstić information content (AvgIpc) is 3.15. The summed E-state index contributed by atoms with van der Waals surface area (Å²) < 4.78 is 32.5. The highest BCUT2D eigenvalue weighted by Crippen LogP contribution is 2.67. The van der Waals surface area contributed by atoms with E-state index in [2.05, 4.69) is 68.6 Å². The van der Waals surface area contributed by atoms with Crippen LogP contribution in [0.2, 0.25) is 10.0 Å². The number of nitrogens with one attached hydrogen (secondary N) is 1. The number of nitrogen functional groups attached to an aromatic ring is 2. The van der Waals surface area contributed by atoms with Crippen molar-refractivity contribution in [1.29, 1.82) is 0 Å². The second-order valence-electron chi connectivity index (χ2n) is 11.3. The maximum absolute atomic E-state index is 7.12. The molecule has 6 aromatic rings. The predicted octanol–water partition coefficient (Wildman–Crippen LogP) is 14.4. The Morgan fingerprint density at radius 1 is 0.589 bits per heavy atom. The summed E-state index contributed by atoms with van der Waals surface area (Å²) in [5.41, 5.74) is 13.3. The molecule has 3 atom stereocenters. The zero-order chi connectivity index (χ0) is 39.3. The van der Waals surface area contributed by atoms with Gasteiger partial charge in [0, 0.05) is 34.2 Å². The van der Waals surface area contributed by atoms with Crippen LogP contribution in [0.1, 0.15) is 0 Å². The van der Waals surface area contributed by atoms with E-state index in [-0.39, 0.29) is 47.6 Å². The van der Waals surface area contributed by atoms with Gasteiger partial charge in [-0.2, -0.15) is 0 Å². The molecular formula is C36H26Br4Cl2N5O6P3. The quantitative estimate of drug-likeness (QED) is 0.0801. The molecule has 0 spiro atoms. The second kappa shape index (κ2) is 19.0. The molecule has 1 fully saturated rings. The molecular weight excluding hydrogens is 1080 g/mol. The van der Waals surface area contributed by atoms with Gasteiger partial charge in [-0.15, -0.1) is 0 Å². The Kier molecular flexibility index (Phi) is 14.1. The molecule has 1 heterocycles. The van der Waals surface area contributed by atoms with Crippen LogP contribution >= 0.6 is 113 Å². The molecule has 1 saturated heterocycles. The fourth-order valence-corrected chi connectivity index (χ4v) is 12.3. The van der Waals surface area contributed by atoms with E-state index >= 15 is 0 Å². The van der Waals surface area contributed by atoms with Crippen molar-refractivity contribution in [2.45, 2.75) is 0 Å². The molecule has 20 heteroatoms. The molecule has 1 aliphatic rings. The predicted molar refractivity (Wildman–Crippen MR) is 240 cm³/mol. The average molecular weight is 1110 g/mol. The number of hydrogen-bond donors (Lipinski definition) is 3. The Morgan fingerprint density at radius 2 is 1.16 bits per heavy atom. The van der Waals surface area contributed by atoms with Crippen LogP contribution in [0.3, 0.4) is 0 Å². The van der Waals surface area contributed by atoms with Crippen molar-refractivity contribution in [2.24, 2.45) is 0 Å². The molecule has 6 aromatic carbocycles. The van der Waals surface area contributed by atoms with Crippen molar-refractivity contribution in [3.8, 4) is 46.0 Å². The van der Waals surface area contributed by atoms with Crippen LogP contribution in [0.4, 0.5) is 11.4 Å². The zero-order valence-electron chi connectivity index (χ0n) is 28.2. The third-order valence-electron chi connectivity index (χ3n) is 7.22. The van der Waals surface area contributed by atoms with Gasteiger partial charge in [-0.1, -0.05) is 111 Å².